The molecule has 1 aliphatic heterocycles. The average Bonchev–Trinajstić information content (AvgIpc) is 2.87. The van der Waals surface area contributed by atoms with E-state index in [1.807, 2.05) is 18.2 Å². The van der Waals surface area contributed by atoms with Crippen LogP contribution in [0.15, 0.2) is 24.4 Å². The Morgan fingerprint density at radius 1 is 1.45 bits per heavy atom. The highest BCUT2D eigenvalue weighted by Crippen LogP contribution is 2.31. The molecule has 0 saturated carbocycles. The van der Waals surface area contributed by atoms with Crippen molar-refractivity contribution < 1.29 is 13.2 Å². The number of hydrogen-bond acceptors (Lipinski definition) is 4. The van der Waals surface area contributed by atoms with Crippen molar-refractivity contribution in [2.45, 2.75) is 31.7 Å². The third-order valence-corrected chi connectivity index (χ3v) is 4.28. The first-order valence-electron chi connectivity index (χ1n) is 6.68. The van der Waals surface area contributed by atoms with Crippen molar-refractivity contribution in [1.29, 1.82) is 0 Å². The minimum absolute atomic E-state index is 0.0122. The van der Waals surface area contributed by atoms with Crippen LogP contribution in [0.3, 0.4) is 0 Å². The third kappa shape index (κ3) is 4.01. The van der Waals surface area contributed by atoms with Crippen molar-refractivity contribution in [1.82, 2.24) is 9.88 Å². The molecule has 1 amide bonds. The molecule has 7 heteroatoms. The summed E-state index contributed by atoms with van der Waals surface area (Å²) in [5.74, 6) is -0.178. The average molecular weight is 297 g/mol. The molecule has 6 nitrogen and oxygen atoms in total. The summed E-state index contributed by atoms with van der Waals surface area (Å²) < 4.78 is 21.7. The first kappa shape index (κ1) is 14.9. The van der Waals surface area contributed by atoms with Crippen LogP contribution < -0.4 is 5.14 Å². The van der Waals surface area contributed by atoms with Gasteiger partial charge in [-0.2, -0.15) is 0 Å². The van der Waals surface area contributed by atoms with Gasteiger partial charge in [-0.05, 0) is 31.4 Å². The van der Waals surface area contributed by atoms with Gasteiger partial charge >= 0.3 is 0 Å². The van der Waals surface area contributed by atoms with Crippen LogP contribution in [0.2, 0.25) is 0 Å². The molecule has 1 saturated heterocycles. The quantitative estimate of drug-likeness (QED) is 0.870. The summed E-state index contributed by atoms with van der Waals surface area (Å²) in [6.07, 6.45) is 4.04. The van der Waals surface area contributed by atoms with E-state index in [9.17, 15) is 13.2 Å². The zero-order valence-corrected chi connectivity index (χ0v) is 12.1. The Kier molecular flexibility index (Phi) is 4.72. The molecule has 1 atom stereocenters. The molecule has 1 aliphatic rings. The fourth-order valence-electron chi connectivity index (χ4n) is 2.51. The van der Waals surface area contributed by atoms with Gasteiger partial charge in [-0.3, -0.25) is 9.78 Å². The van der Waals surface area contributed by atoms with Gasteiger partial charge in [0.25, 0.3) is 0 Å². The molecule has 110 valence electrons. The van der Waals surface area contributed by atoms with Crippen LogP contribution >= 0.6 is 0 Å². The maximum Gasteiger partial charge on any atom is 0.223 e. The van der Waals surface area contributed by atoms with Crippen LogP contribution in [0.1, 0.15) is 37.4 Å². The molecule has 0 unspecified atom stereocenters. The minimum Gasteiger partial charge on any atom is -0.334 e. The first-order chi connectivity index (χ1) is 9.47. The van der Waals surface area contributed by atoms with Crippen molar-refractivity contribution >= 4 is 15.9 Å². The molecular formula is C13H19N3O3S. The zero-order valence-electron chi connectivity index (χ0n) is 11.2. The van der Waals surface area contributed by atoms with E-state index in [2.05, 4.69) is 4.98 Å². The van der Waals surface area contributed by atoms with Crippen molar-refractivity contribution in [3.05, 3.63) is 30.1 Å². The van der Waals surface area contributed by atoms with Gasteiger partial charge in [0.1, 0.15) is 0 Å². The van der Waals surface area contributed by atoms with E-state index in [-0.39, 0.29) is 30.5 Å². The zero-order chi connectivity index (χ0) is 14.6. The highest BCUT2D eigenvalue weighted by Gasteiger charge is 2.30. The SMILES string of the molecule is NS(=O)(=O)CCCC(=O)N1CCC[C@@H]1c1ccccn1. The maximum atomic E-state index is 12.2. The summed E-state index contributed by atoms with van der Waals surface area (Å²) in [6, 6.07) is 5.68. The number of rotatable bonds is 5. The van der Waals surface area contributed by atoms with E-state index in [1.165, 1.54) is 0 Å². The molecule has 1 aromatic heterocycles. The lowest BCUT2D eigenvalue weighted by molar-refractivity contribution is -0.132. The predicted octanol–water partition coefficient (Wildman–Crippen LogP) is 0.814. The van der Waals surface area contributed by atoms with Crippen LogP contribution in [0.5, 0.6) is 0 Å². The Balaban J connectivity index is 1.95. The van der Waals surface area contributed by atoms with Gasteiger partial charge in [-0.15, -0.1) is 0 Å². The number of hydrogen-bond donors (Lipinski definition) is 1. The summed E-state index contributed by atoms with van der Waals surface area (Å²) in [7, 11) is -3.49. The Labute approximate surface area is 119 Å². The van der Waals surface area contributed by atoms with Gasteiger partial charge in [0, 0.05) is 19.2 Å². The second kappa shape index (κ2) is 6.32. The van der Waals surface area contributed by atoms with Crippen LogP contribution in [0, 0.1) is 0 Å². The third-order valence-electron chi connectivity index (χ3n) is 3.42. The van der Waals surface area contributed by atoms with Crippen molar-refractivity contribution in [2.75, 3.05) is 12.3 Å². The molecule has 2 rings (SSSR count). The van der Waals surface area contributed by atoms with Gasteiger partial charge in [0.2, 0.25) is 15.9 Å². The summed E-state index contributed by atoms with van der Waals surface area (Å²) >= 11 is 0. The molecule has 0 radical (unpaired) electrons. The Bertz CT molecular complexity index is 559. The maximum absolute atomic E-state index is 12.2. The molecule has 1 aromatic rings. The van der Waals surface area contributed by atoms with Gasteiger partial charge in [-0.25, -0.2) is 13.6 Å². The second-order valence-electron chi connectivity index (χ2n) is 4.97. The Hall–Kier alpha value is -1.47. The number of aromatic nitrogens is 1. The lowest BCUT2D eigenvalue weighted by Gasteiger charge is -2.24. The van der Waals surface area contributed by atoms with E-state index < -0.39 is 10.0 Å². The fourth-order valence-corrected chi connectivity index (χ4v) is 3.06. The summed E-state index contributed by atoms with van der Waals surface area (Å²) in [6.45, 7) is 0.704. The molecule has 1 fully saturated rings. The number of sulfonamides is 1. The molecule has 0 spiro atoms. The lowest BCUT2D eigenvalue weighted by atomic mass is 10.1. The van der Waals surface area contributed by atoms with Crippen LogP contribution in [-0.2, 0) is 14.8 Å². The van der Waals surface area contributed by atoms with Crippen molar-refractivity contribution in [3.63, 3.8) is 0 Å². The van der Waals surface area contributed by atoms with Crippen molar-refractivity contribution in [3.8, 4) is 0 Å². The molecule has 20 heavy (non-hydrogen) atoms. The Morgan fingerprint density at radius 3 is 2.90 bits per heavy atom. The number of nitrogens with zero attached hydrogens (tertiary/aromatic N) is 2. The molecule has 0 aliphatic carbocycles. The summed E-state index contributed by atoms with van der Waals surface area (Å²) in [5.41, 5.74) is 0.893. The number of primary sulfonamides is 1. The van der Waals surface area contributed by atoms with Crippen LogP contribution in [-0.4, -0.2) is 36.5 Å². The number of carbonyl (C=O) groups is 1. The second-order valence-corrected chi connectivity index (χ2v) is 6.70. The van der Waals surface area contributed by atoms with Crippen LogP contribution in [0.4, 0.5) is 0 Å². The van der Waals surface area contributed by atoms with Gasteiger partial charge < -0.3 is 4.90 Å². The number of amides is 1. The standard InChI is InChI=1S/C13H19N3O3S/c14-20(18,19)10-4-7-13(17)16-9-3-6-12(16)11-5-1-2-8-15-11/h1-2,5,8,12H,3-4,6-7,9-10H2,(H2,14,18,19)/t12-/m1/s1. The van der Waals surface area contributed by atoms with Gasteiger partial charge in [0.05, 0.1) is 17.5 Å². The van der Waals surface area contributed by atoms with E-state index in [4.69, 9.17) is 5.14 Å². The topological polar surface area (TPSA) is 93.4 Å². The van der Waals surface area contributed by atoms with Gasteiger partial charge in [0.15, 0.2) is 0 Å². The normalized spacial score (nSPS) is 19.2. The van der Waals surface area contributed by atoms with E-state index in [1.54, 1.807) is 11.1 Å². The smallest absolute Gasteiger partial charge is 0.223 e. The lowest BCUT2D eigenvalue weighted by Crippen LogP contribution is -2.31. The van der Waals surface area contributed by atoms with Crippen molar-refractivity contribution in [2.24, 2.45) is 5.14 Å². The Morgan fingerprint density at radius 2 is 2.25 bits per heavy atom. The molecular weight excluding hydrogens is 278 g/mol. The van der Waals surface area contributed by atoms with Crippen LogP contribution in [0.25, 0.3) is 0 Å². The first-order valence-corrected chi connectivity index (χ1v) is 8.40. The predicted molar refractivity (Wildman–Crippen MR) is 75.1 cm³/mol. The number of likely N-dealkylation sites (tertiary alicyclic amines) is 1. The van der Waals surface area contributed by atoms with E-state index >= 15 is 0 Å². The highest BCUT2D eigenvalue weighted by molar-refractivity contribution is 7.89. The summed E-state index contributed by atoms with van der Waals surface area (Å²) in [5, 5.41) is 4.93. The van der Waals surface area contributed by atoms with Gasteiger partial charge in [-0.1, -0.05) is 6.07 Å². The minimum atomic E-state index is -3.49. The number of nitrogens with two attached hydrogens (primary N) is 1. The fraction of sp³-hybridized carbons (Fsp3) is 0.538. The highest BCUT2D eigenvalue weighted by atomic mass is 32.2. The molecule has 2 heterocycles. The summed E-state index contributed by atoms with van der Waals surface area (Å²) in [4.78, 5) is 18.3. The van der Waals surface area contributed by atoms with E-state index in [0.29, 0.717) is 6.54 Å². The largest absolute Gasteiger partial charge is 0.334 e. The molecule has 2 N–H and O–H groups in total. The molecule has 0 aromatic carbocycles. The number of pyridine rings is 1. The molecule has 0 bridgehead atoms. The monoisotopic (exact) mass is 297 g/mol. The number of carbonyl (C=O) groups excluding carboxylic acids is 1. The van der Waals surface area contributed by atoms with E-state index in [0.717, 1.165) is 18.5 Å².